The molecule has 0 radical (unpaired) electrons. The normalized spacial score (nSPS) is 21.3. The quantitative estimate of drug-likeness (QED) is 0.551. The molecule has 0 aromatic rings. The lowest BCUT2D eigenvalue weighted by atomic mass is 10.1. The minimum atomic E-state index is -1.03. The fourth-order valence-electron chi connectivity index (χ4n) is 2.97. The summed E-state index contributed by atoms with van der Waals surface area (Å²) in [5.41, 5.74) is -0.443. The molecule has 1 amide bonds. The Bertz CT molecular complexity index is 556. The third-order valence-corrected chi connectivity index (χ3v) is 6.27. The second-order valence-corrected chi connectivity index (χ2v) is 15.3. The van der Waals surface area contributed by atoms with E-state index in [1.807, 2.05) is 26.8 Å². The first-order valence-corrected chi connectivity index (χ1v) is 13.8. The number of carbonyl (C=O) groups is 1. The second-order valence-electron chi connectivity index (χ2n) is 9.71. The Morgan fingerprint density at radius 3 is 2.56 bits per heavy atom. The second kappa shape index (κ2) is 9.23. The number of hydrogen-bond acceptors (Lipinski definition) is 5. The number of rotatable bonds is 6. The van der Waals surface area contributed by atoms with Crippen molar-refractivity contribution >= 4 is 20.0 Å². The highest BCUT2D eigenvalue weighted by Gasteiger charge is 2.27. The minimum Gasteiger partial charge on any atom is -0.444 e. The highest BCUT2D eigenvalue weighted by Crippen LogP contribution is 2.16. The van der Waals surface area contributed by atoms with E-state index in [4.69, 9.17) is 14.5 Å². The van der Waals surface area contributed by atoms with Crippen molar-refractivity contribution in [3.05, 3.63) is 12.2 Å². The number of ether oxygens (including phenoxy) is 2. The van der Waals surface area contributed by atoms with E-state index in [9.17, 15) is 4.79 Å². The van der Waals surface area contributed by atoms with Gasteiger partial charge in [0.15, 0.2) is 0 Å². The van der Waals surface area contributed by atoms with Crippen LogP contribution in [-0.2, 0) is 9.47 Å². The van der Waals surface area contributed by atoms with Crippen molar-refractivity contribution in [3.8, 4) is 0 Å². The van der Waals surface area contributed by atoms with E-state index < -0.39 is 13.7 Å². The summed E-state index contributed by atoms with van der Waals surface area (Å²) in [4.78, 5) is 18.6. The predicted molar refractivity (Wildman–Crippen MR) is 113 cm³/mol. The van der Waals surface area contributed by atoms with Gasteiger partial charge < -0.3 is 19.7 Å². The van der Waals surface area contributed by atoms with Crippen LogP contribution in [0.5, 0.6) is 0 Å². The first-order valence-electron chi connectivity index (χ1n) is 10.1. The molecule has 1 atom stereocenters. The maximum Gasteiger partial charge on any atom is 0.410 e. The van der Waals surface area contributed by atoms with Gasteiger partial charge in [-0.2, -0.15) is 0 Å². The topological polar surface area (TPSA) is 63.2 Å². The molecule has 27 heavy (non-hydrogen) atoms. The molecule has 2 rings (SSSR count). The van der Waals surface area contributed by atoms with Crippen LogP contribution in [-0.4, -0.2) is 68.9 Å². The standard InChI is InChI=1S/C20H37N3O3Si/c1-20(2,3)26-19(24)23-11-9-16(10-12-23)21-18-8-7-17(22-18)15-25-13-14-27(4,5)6/h7-8,16-17H,9-15H2,1-6H3,(H,21,22). The molecule has 154 valence electrons. The Morgan fingerprint density at radius 1 is 1.30 bits per heavy atom. The van der Waals surface area contributed by atoms with Crippen molar-refractivity contribution in [1.82, 2.24) is 10.2 Å². The zero-order valence-electron chi connectivity index (χ0n) is 17.9. The first kappa shape index (κ1) is 22.0. The van der Waals surface area contributed by atoms with Gasteiger partial charge in [-0.15, -0.1) is 0 Å². The lowest BCUT2D eigenvalue weighted by Crippen LogP contribution is -2.47. The van der Waals surface area contributed by atoms with Crippen LogP contribution in [0.4, 0.5) is 4.79 Å². The lowest BCUT2D eigenvalue weighted by molar-refractivity contribution is 0.0203. The number of amides is 1. The fourth-order valence-corrected chi connectivity index (χ4v) is 3.73. The van der Waals surface area contributed by atoms with Crippen LogP contribution < -0.4 is 5.32 Å². The number of carbonyl (C=O) groups excluding carboxylic acids is 1. The van der Waals surface area contributed by atoms with Gasteiger partial charge in [0.1, 0.15) is 11.4 Å². The Labute approximate surface area is 165 Å². The maximum absolute atomic E-state index is 12.1. The molecule has 0 aromatic carbocycles. The van der Waals surface area contributed by atoms with Gasteiger partial charge in [-0.05, 0) is 45.7 Å². The Balaban J connectivity index is 1.67. The zero-order valence-corrected chi connectivity index (χ0v) is 18.9. The number of aliphatic imine (C=N–C) groups is 1. The van der Waals surface area contributed by atoms with Crippen molar-refractivity contribution < 1.29 is 14.3 Å². The van der Waals surface area contributed by atoms with Crippen LogP contribution in [0.15, 0.2) is 17.1 Å². The molecule has 0 aromatic heterocycles. The maximum atomic E-state index is 12.1. The molecule has 2 heterocycles. The van der Waals surface area contributed by atoms with E-state index in [1.54, 1.807) is 4.90 Å². The molecule has 1 N–H and O–H groups in total. The first-order chi connectivity index (χ1) is 12.5. The smallest absolute Gasteiger partial charge is 0.410 e. The Kier molecular flexibility index (Phi) is 7.51. The van der Waals surface area contributed by atoms with Gasteiger partial charge in [-0.1, -0.05) is 25.7 Å². The lowest BCUT2D eigenvalue weighted by Gasteiger charge is -2.33. The molecule has 0 bridgehead atoms. The highest BCUT2D eigenvalue weighted by atomic mass is 28.3. The van der Waals surface area contributed by atoms with Crippen molar-refractivity contribution in [2.75, 3.05) is 26.3 Å². The van der Waals surface area contributed by atoms with Crippen LogP contribution in [0.25, 0.3) is 0 Å². The van der Waals surface area contributed by atoms with Gasteiger partial charge in [0, 0.05) is 33.8 Å². The highest BCUT2D eigenvalue weighted by molar-refractivity contribution is 6.76. The average Bonchev–Trinajstić information content (AvgIpc) is 2.97. The van der Waals surface area contributed by atoms with Crippen LogP contribution in [0.3, 0.4) is 0 Å². The van der Waals surface area contributed by atoms with Crippen LogP contribution in [0.1, 0.15) is 33.6 Å². The van der Waals surface area contributed by atoms with Crippen molar-refractivity contribution in [2.24, 2.45) is 4.99 Å². The van der Waals surface area contributed by atoms with Crippen LogP contribution in [0.2, 0.25) is 25.7 Å². The Morgan fingerprint density at radius 2 is 1.96 bits per heavy atom. The molecule has 0 aliphatic carbocycles. The molecule has 0 spiro atoms. The van der Waals surface area contributed by atoms with Gasteiger partial charge in [0.2, 0.25) is 0 Å². The van der Waals surface area contributed by atoms with Gasteiger partial charge in [-0.25, -0.2) is 4.79 Å². The summed E-state index contributed by atoms with van der Waals surface area (Å²) in [6.45, 7) is 15.7. The summed E-state index contributed by atoms with van der Waals surface area (Å²) in [6.07, 6.45) is 5.75. The third-order valence-electron chi connectivity index (χ3n) is 4.56. The van der Waals surface area contributed by atoms with E-state index in [0.29, 0.717) is 25.7 Å². The van der Waals surface area contributed by atoms with Crippen LogP contribution in [0, 0.1) is 0 Å². The summed E-state index contributed by atoms with van der Waals surface area (Å²) in [5, 5.41) is 3.51. The molecule has 7 heteroatoms. The Hall–Kier alpha value is -1.34. The molecule has 6 nitrogen and oxygen atoms in total. The van der Waals surface area contributed by atoms with E-state index >= 15 is 0 Å². The molecule has 1 saturated heterocycles. The van der Waals surface area contributed by atoms with Gasteiger partial charge in [-0.3, -0.25) is 4.99 Å². The zero-order chi connectivity index (χ0) is 20.1. The number of hydrogen-bond donors (Lipinski definition) is 1. The van der Waals surface area contributed by atoms with Crippen molar-refractivity contribution in [1.29, 1.82) is 0 Å². The van der Waals surface area contributed by atoms with Crippen molar-refractivity contribution in [3.63, 3.8) is 0 Å². The number of amidine groups is 1. The number of likely N-dealkylation sites (tertiary alicyclic amines) is 1. The minimum absolute atomic E-state index is 0.121. The fraction of sp³-hybridized carbons (Fsp3) is 0.800. The van der Waals surface area contributed by atoms with E-state index in [2.05, 4.69) is 31.0 Å². The van der Waals surface area contributed by atoms with Crippen molar-refractivity contribution in [2.45, 2.75) is 77.0 Å². The third kappa shape index (κ3) is 8.47. The average molecular weight is 396 g/mol. The largest absolute Gasteiger partial charge is 0.444 e. The summed E-state index contributed by atoms with van der Waals surface area (Å²) in [5.74, 6) is 0.935. The number of piperidine rings is 1. The molecular formula is C20H37N3O3Si. The van der Waals surface area contributed by atoms with Gasteiger partial charge in [0.25, 0.3) is 0 Å². The van der Waals surface area contributed by atoms with Gasteiger partial charge in [0.05, 0.1) is 12.6 Å². The molecular weight excluding hydrogens is 358 g/mol. The molecule has 1 fully saturated rings. The molecule has 1 unspecified atom stereocenters. The summed E-state index contributed by atoms with van der Waals surface area (Å²) < 4.78 is 11.3. The van der Waals surface area contributed by atoms with Gasteiger partial charge >= 0.3 is 6.09 Å². The number of nitrogens with one attached hydrogen (secondary N) is 1. The van der Waals surface area contributed by atoms with Crippen LogP contribution >= 0.6 is 0 Å². The van der Waals surface area contributed by atoms with E-state index in [1.165, 1.54) is 6.04 Å². The predicted octanol–water partition coefficient (Wildman–Crippen LogP) is 3.67. The summed E-state index contributed by atoms with van der Waals surface area (Å²) in [6, 6.07) is 1.66. The summed E-state index contributed by atoms with van der Waals surface area (Å²) in [7, 11) is -1.03. The van der Waals surface area contributed by atoms with E-state index in [0.717, 1.165) is 25.3 Å². The molecule has 2 aliphatic heterocycles. The van der Waals surface area contributed by atoms with E-state index in [-0.39, 0.29) is 12.1 Å². The molecule has 2 aliphatic rings. The molecule has 0 saturated carbocycles. The number of nitrogens with zero attached hydrogens (tertiary/aromatic N) is 2. The monoisotopic (exact) mass is 395 g/mol. The SMILES string of the molecule is CC(C)(C)OC(=O)N1CCC(NC2=NC(COCC[Si](C)(C)C)C=C2)CC1. The summed E-state index contributed by atoms with van der Waals surface area (Å²) >= 11 is 0.